The molecule has 0 heterocycles. The van der Waals surface area contributed by atoms with Gasteiger partial charge in [-0.1, -0.05) is 111 Å². The Morgan fingerprint density at radius 3 is 1.93 bits per heavy atom. The molecular formula is C26H20Br2O2. The van der Waals surface area contributed by atoms with Crippen LogP contribution in [0.25, 0.3) is 0 Å². The Kier molecular flexibility index (Phi) is 4.86. The number of allylic oxidation sites excluding steroid dienone is 3. The molecule has 150 valence electrons. The molecule has 0 aromatic heterocycles. The molecule has 2 nitrogen and oxygen atoms in total. The van der Waals surface area contributed by atoms with E-state index in [-0.39, 0.29) is 5.92 Å². The van der Waals surface area contributed by atoms with Crippen LogP contribution in [0.1, 0.15) is 34.2 Å². The predicted molar refractivity (Wildman–Crippen MR) is 126 cm³/mol. The molecule has 3 aromatic rings. The van der Waals surface area contributed by atoms with Crippen molar-refractivity contribution in [3.63, 3.8) is 0 Å². The SMILES string of the molecule is OC1(c2cccc(Br)c2)c2ccccc2C(O)(C2C=CC=C(Br)C2)c2ccccc21. The topological polar surface area (TPSA) is 40.5 Å². The molecule has 30 heavy (non-hydrogen) atoms. The van der Waals surface area contributed by atoms with E-state index < -0.39 is 11.2 Å². The molecule has 0 spiro atoms. The summed E-state index contributed by atoms with van der Waals surface area (Å²) in [7, 11) is 0. The van der Waals surface area contributed by atoms with Crippen LogP contribution in [0.5, 0.6) is 0 Å². The van der Waals surface area contributed by atoms with Crippen LogP contribution >= 0.6 is 31.9 Å². The molecular weight excluding hydrogens is 504 g/mol. The maximum Gasteiger partial charge on any atom is 0.141 e. The van der Waals surface area contributed by atoms with Gasteiger partial charge in [0.05, 0.1) is 0 Å². The molecule has 2 N–H and O–H groups in total. The van der Waals surface area contributed by atoms with Crippen LogP contribution < -0.4 is 0 Å². The Balaban J connectivity index is 1.84. The van der Waals surface area contributed by atoms with Gasteiger partial charge in [0.1, 0.15) is 11.2 Å². The van der Waals surface area contributed by atoms with Crippen LogP contribution in [0, 0.1) is 5.92 Å². The minimum Gasteiger partial charge on any atom is -0.380 e. The van der Waals surface area contributed by atoms with Crippen molar-refractivity contribution in [2.75, 3.05) is 0 Å². The largest absolute Gasteiger partial charge is 0.380 e. The molecule has 5 rings (SSSR count). The van der Waals surface area contributed by atoms with Crippen LogP contribution in [0.2, 0.25) is 0 Å². The summed E-state index contributed by atoms with van der Waals surface area (Å²) in [5.41, 5.74) is 1.04. The van der Waals surface area contributed by atoms with Crippen molar-refractivity contribution in [2.45, 2.75) is 17.6 Å². The molecule has 0 fully saturated rings. The quantitative estimate of drug-likeness (QED) is 0.423. The lowest BCUT2D eigenvalue weighted by atomic mass is 9.61. The molecule has 1 atom stereocenters. The summed E-state index contributed by atoms with van der Waals surface area (Å²) in [6.07, 6.45) is 6.74. The molecule has 0 saturated heterocycles. The van der Waals surface area contributed by atoms with Crippen molar-refractivity contribution in [2.24, 2.45) is 5.92 Å². The molecule has 3 aromatic carbocycles. The zero-order valence-electron chi connectivity index (χ0n) is 16.1. The van der Waals surface area contributed by atoms with E-state index >= 15 is 0 Å². The van der Waals surface area contributed by atoms with Crippen molar-refractivity contribution in [1.29, 1.82) is 0 Å². The van der Waals surface area contributed by atoms with Gasteiger partial charge in [-0.05, 0) is 50.9 Å². The number of hydrogen-bond donors (Lipinski definition) is 2. The van der Waals surface area contributed by atoms with E-state index in [0.717, 1.165) is 25.6 Å². The van der Waals surface area contributed by atoms with E-state index in [9.17, 15) is 10.2 Å². The van der Waals surface area contributed by atoms with E-state index in [1.165, 1.54) is 0 Å². The van der Waals surface area contributed by atoms with Crippen molar-refractivity contribution >= 4 is 31.9 Å². The fourth-order valence-electron chi connectivity index (χ4n) is 4.90. The third-order valence-corrected chi connectivity index (χ3v) is 7.35. The molecule has 2 aliphatic carbocycles. The Morgan fingerprint density at radius 2 is 1.37 bits per heavy atom. The highest BCUT2D eigenvalue weighted by molar-refractivity contribution is 9.11. The third-order valence-electron chi connectivity index (χ3n) is 6.27. The smallest absolute Gasteiger partial charge is 0.141 e. The number of fused-ring (bicyclic) bond motifs is 2. The third kappa shape index (κ3) is 2.82. The summed E-state index contributed by atoms with van der Waals surface area (Å²) in [4.78, 5) is 0. The highest BCUT2D eigenvalue weighted by Gasteiger charge is 2.52. The van der Waals surface area contributed by atoms with E-state index in [1.807, 2.05) is 84.9 Å². The molecule has 4 heteroatoms. The second-order valence-corrected chi connectivity index (χ2v) is 9.82. The maximum absolute atomic E-state index is 12.3. The van der Waals surface area contributed by atoms with E-state index in [4.69, 9.17) is 0 Å². The number of hydrogen-bond acceptors (Lipinski definition) is 2. The Morgan fingerprint density at radius 1 is 0.767 bits per heavy atom. The van der Waals surface area contributed by atoms with E-state index in [0.29, 0.717) is 17.5 Å². The standard InChI is InChI=1S/C26H20Br2O2/c27-19-9-5-7-17(15-19)25(29)21-11-1-2-12-22(21)26(30,18-8-6-10-20(28)16-18)24-14-4-3-13-23(24)25/h1-15,18,29-30H,16H2. The minimum atomic E-state index is -1.37. The van der Waals surface area contributed by atoms with Gasteiger partial charge in [0, 0.05) is 10.4 Å². The van der Waals surface area contributed by atoms with Crippen LogP contribution in [0.3, 0.4) is 0 Å². The lowest BCUT2D eigenvalue weighted by Gasteiger charge is -2.47. The second-order valence-electron chi connectivity index (χ2n) is 7.89. The van der Waals surface area contributed by atoms with Crippen LogP contribution in [-0.2, 0) is 11.2 Å². The lowest BCUT2D eigenvalue weighted by Crippen LogP contribution is -2.47. The van der Waals surface area contributed by atoms with Crippen molar-refractivity contribution < 1.29 is 10.2 Å². The van der Waals surface area contributed by atoms with Gasteiger partial charge in [-0.2, -0.15) is 0 Å². The molecule has 0 aliphatic heterocycles. The number of benzene rings is 3. The Labute approximate surface area is 192 Å². The fraction of sp³-hybridized carbons (Fsp3) is 0.154. The normalized spacial score (nSPS) is 27.2. The van der Waals surface area contributed by atoms with Crippen LogP contribution in [0.4, 0.5) is 0 Å². The van der Waals surface area contributed by atoms with E-state index in [2.05, 4.69) is 37.9 Å². The summed E-state index contributed by atoms with van der Waals surface area (Å²) in [5.74, 6) is -0.161. The van der Waals surface area contributed by atoms with Crippen molar-refractivity contribution in [3.8, 4) is 0 Å². The molecule has 0 saturated carbocycles. The zero-order chi connectivity index (χ0) is 20.9. The molecule has 0 amide bonds. The van der Waals surface area contributed by atoms with Gasteiger partial charge >= 0.3 is 0 Å². The average molecular weight is 524 g/mol. The van der Waals surface area contributed by atoms with Gasteiger partial charge < -0.3 is 10.2 Å². The second kappa shape index (κ2) is 7.31. The first kappa shape index (κ1) is 20.0. The molecule has 0 bridgehead atoms. The summed E-state index contributed by atoms with van der Waals surface area (Å²) in [5, 5.41) is 24.6. The summed E-state index contributed by atoms with van der Waals surface area (Å²) >= 11 is 7.15. The Hall–Kier alpha value is -1.98. The molecule has 1 unspecified atom stereocenters. The number of rotatable bonds is 2. The van der Waals surface area contributed by atoms with E-state index in [1.54, 1.807) is 0 Å². The first-order valence-electron chi connectivity index (χ1n) is 9.89. The predicted octanol–water partition coefficient (Wildman–Crippen LogP) is 6.14. The van der Waals surface area contributed by atoms with Crippen LogP contribution in [0.15, 0.2) is 100.0 Å². The zero-order valence-corrected chi connectivity index (χ0v) is 19.3. The highest BCUT2D eigenvalue weighted by Crippen LogP contribution is 2.55. The van der Waals surface area contributed by atoms with Gasteiger partial charge in [-0.15, -0.1) is 0 Å². The van der Waals surface area contributed by atoms with Gasteiger partial charge in [0.2, 0.25) is 0 Å². The summed E-state index contributed by atoms with van der Waals surface area (Å²) in [6.45, 7) is 0. The van der Waals surface area contributed by atoms with Gasteiger partial charge in [0.25, 0.3) is 0 Å². The lowest BCUT2D eigenvalue weighted by molar-refractivity contribution is 0.0145. The maximum atomic E-state index is 12.3. The van der Waals surface area contributed by atoms with Crippen LogP contribution in [-0.4, -0.2) is 10.2 Å². The highest BCUT2D eigenvalue weighted by atomic mass is 79.9. The van der Waals surface area contributed by atoms with Gasteiger partial charge in [-0.3, -0.25) is 0 Å². The summed E-state index contributed by atoms with van der Waals surface area (Å²) in [6, 6.07) is 23.2. The fourth-order valence-corrected chi connectivity index (χ4v) is 5.80. The monoisotopic (exact) mass is 522 g/mol. The first-order valence-corrected chi connectivity index (χ1v) is 11.5. The minimum absolute atomic E-state index is 0.161. The summed E-state index contributed by atoms with van der Waals surface area (Å²) < 4.78 is 1.94. The Bertz CT molecular complexity index is 1150. The molecule has 2 aliphatic rings. The van der Waals surface area contributed by atoms with Gasteiger partial charge in [-0.25, -0.2) is 0 Å². The number of aliphatic hydroxyl groups is 2. The number of halogens is 2. The first-order chi connectivity index (χ1) is 14.5. The average Bonchev–Trinajstić information content (AvgIpc) is 2.77. The van der Waals surface area contributed by atoms with Crippen molar-refractivity contribution in [3.05, 3.63) is 128 Å². The molecule has 0 radical (unpaired) electrons. The van der Waals surface area contributed by atoms with Crippen molar-refractivity contribution in [1.82, 2.24) is 0 Å². The van der Waals surface area contributed by atoms with Gasteiger partial charge in [0.15, 0.2) is 0 Å².